The summed E-state index contributed by atoms with van der Waals surface area (Å²) in [6.45, 7) is 0. The SMILES string of the molecule is O=[SH]O.[Zn]. The summed E-state index contributed by atoms with van der Waals surface area (Å²) >= 11 is -0.833. The molecule has 0 aromatic heterocycles. The van der Waals surface area contributed by atoms with Gasteiger partial charge in [-0.1, -0.05) is 0 Å². The van der Waals surface area contributed by atoms with Crippen LogP contribution in [-0.2, 0) is 31.4 Å². The van der Waals surface area contributed by atoms with Crippen molar-refractivity contribution in [3.63, 3.8) is 0 Å². The van der Waals surface area contributed by atoms with E-state index in [0.717, 1.165) is 0 Å². The van der Waals surface area contributed by atoms with Gasteiger partial charge in [0, 0.05) is 19.5 Å². The first-order valence-electron chi connectivity index (χ1n) is 0.383. The normalized spacial score (nSPS) is 4.25. The van der Waals surface area contributed by atoms with E-state index >= 15 is 0 Å². The number of thiol groups is 1. The minimum atomic E-state index is -0.833. The van der Waals surface area contributed by atoms with Gasteiger partial charge in [0.25, 0.3) is 0 Å². The van der Waals surface area contributed by atoms with Crippen molar-refractivity contribution in [2.24, 2.45) is 0 Å². The molecule has 4 heavy (non-hydrogen) atoms. The zero-order valence-electron chi connectivity index (χ0n) is 2.01. The molecule has 0 bridgehead atoms. The van der Waals surface area contributed by atoms with Gasteiger partial charge in [0.1, 0.15) is 11.9 Å². The Morgan fingerprint density at radius 1 is 1.75 bits per heavy atom. The third-order valence-electron chi connectivity index (χ3n) is 0. The maximum absolute atomic E-state index is 8.46. The smallest absolute Gasteiger partial charge is 0.139 e. The predicted octanol–water partition coefficient (Wildman–Crippen LogP) is -0.598. The Hall–Kier alpha value is 0.733. The van der Waals surface area contributed by atoms with Crippen LogP contribution in [0.2, 0.25) is 0 Å². The monoisotopic (exact) mass is 130 g/mol. The summed E-state index contributed by atoms with van der Waals surface area (Å²) in [6, 6.07) is 0. The third kappa shape index (κ3) is 15.3. The van der Waals surface area contributed by atoms with E-state index in [-0.39, 0.29) is 19.5 Å². The Balaban J connectivity index is 0. The van der Waals surface area contributed by atoms with Gasteiger partial charge in [-0.3, -0.25) is 0 Å². The molecule has 0 aliphatic heterocycles. The molecule has 0 heterocycles. The molecule has 0 aliphatic rings. The molecular weight excluding hydrogens is 129 g/mol. The van der Waals surface area contributed by atoms with E-state index < -0.39 is 11.9 Å². The standard InChI is InChI=1S/H2O2S.Zn/c1-3-2;/h3H,(H,1,2);. The van der Waals surface area contributed by atoms with E-state index in [4.69, 9.17) is 8.76 Å². The largest absolute Gasteiger partial charge is 0.308 e. The van der Waals surface area contributed by atoms with Crippen molar-refractivity contribution in [2.45, 2.75) is 0 Å². The zero-order chi connectivity index (χ0) is 2.71. The van der Waals surface area contributed by atoms with Crippen LogP contribution in [0.1, 0.15) is 0 Å². The van der Waals surface area contributed by atoms with E-state index in [2.05, 4.69) is 0 Å². The second kappa shape index (κ2) is 9.28. The first-order valence-corrected chi connectivity index (χ1v) is 1.15. The summed E-state index contributed by atoms with van der Waals surface area (Å²) in [5, 5.41) is 0. The topological polar surface area (TPSA) is 37.3 Å². The molecular formula is H2O2SZn. The molecule has 0 saturated carbocycles. The molecule has 0 aliphatic carbocycles. The fourth-order valence-electron chi connectivity index (χ4n) is 0. The molecule has 0 saturated heterocycles. The van der Waals surface area contributed by atoms with Crippen molar-refractivity contribution >= 4 is 11.9 Å². The first-order chi connectivity index (χ1) is 1.41. The fourth-order valence-corrected chi connectivity index (χ4v) is 0. The summed E-state index contributed by atoms with van der Waals surface area (Å²) in [5.41, 5.74) is 0. The molecule has 0 fully saturated rings. The van der Waals surface area contributed by atoms with Crippen molar-refractivity contribution in [3.8, 4) is 0 Å². The molecule has 0 aromatic rings. The van der Waals surface area contributed by atoms with E-state index in [1.54, 1.807) is 0 Å². The zero-order valence-corrected chi connectivity index (χ0v) is 5.87. The van der Waals surface area contributed by atoms with Crippen LogP contribution in [-0.4, -0.2) is 8.76 Å². The van der Waals surface area contributed by atoms with Gasteiger partial charge in [0.2, 0.25) is 0 Å². The summed E-state index contributed by atoms with van der Waals surface area (Å²) in [5.74, 6) is 0. The molecule has 0 spiro atoms. The van der Waals surface area contributed by atoms with Crippen molar-refractivity contribution in [2.75, 3.05) is 0 Å². The van der Waals surface area contributed by atoms with Crippen LogP contribution in [0.15, 0.2) is 0 Å². The maximum Gasteiger partial charge on any atom is 0.139 e. The van der Waals surface area contributed by atoms with Gasteiger partial charge in [-0.25, -0.2) is 4.21 Å². The minimum Gasteiger partial charge on any atom is -0.308 e. The maximum atomic E-state index is 8.46. The van der Waals surface area contributed by atoms with Gasteiger partial charge in [0.15, 0.2) is 0 Å². The minimum absolute atomic E-state index is 0. The summed E-state index contributed by atoms with van der Waals surface area (Å²) in [6.07, 6.45) is 0. The van der Waals surface area contributed by atoms with E-state index in [1.165, 1.54) is 0 Å². The van der Waals surface area contributed by atoms with Crippen LogP contribution in [0.25, 0.3) is 0 Å². The Bertz CT molecular complexity index is 13.5. The first kappa shape index (κ1) is 8.83. The molecule has 1 N–H and O–H groups in total. The van der Waals surface area contributed by atoms with Gasteiger partial charge in [-0.15, -0.1) is 0 Å². The Kier molecular flexibility index (Phi) is 20.5. The van der Waals surface area contributed by atoms with Gasteiger partial charge in [-0.2, -0.15) is 0 Å². The Labute approximate surface area is 40.7 Å². The quantitative estimate of drug-likeness (QED) is 0.262. The summed E-state index contributed by atoms with van der Waals surface area (Å²) in [7, 11) is 0. The van der Waals surface area contributed by atoms with E-state index in [1.807, 2.05) is 0 Å². The molecule has 0 unspecified atom stereocenters. The van der Waals surface area contributed by atoms with Gasteiger partial charge < -0.3 is 4.55 Å². The van der Waals surface area contributed by atoms with Gasteiger partial charge >= 0.3 is 0 Å². The predicted molar refractivity (Wildman–Crippen MR) is 12.2 cm³/mol. The number of rotatable bonds is 0. The van der Waals surface area contributed by atoms with Gasteiger partial charge in [0.05, 0.1) is 0 Å². The molecule has 4 heteroatoms. The van der Waals surface area contributed by atoms with Crippen LogP contribution in [0.3, 0.4) is 0 Å². The van der Waals surface area contributed by atoms with Crippen LogP contribution in [0, 0.1) is 0 Å². The molecule has 0 rings (SSSR count). The van der Waals surface area contributed by atoms with Crippen LogP contribution in [0.5, 0.6) is 0 Å². The van der Waals surface area contributed by atoms with Crippen molar-refractivity contribution in [3.05, 3.63) is 0 Å². The average Bonchev–Trinajstić information content (AvgIpc) is 0.918. The number of hydrogen-bond acceptors (Lipinski definition) is 1. The fraction of sp³-hybridized carbons (Fsp3) is 0. The molecule has 0 radical (unpaired) electrons. The Morgan fingerprint density at radius 2 is 1.75 bits per heavy atom. The average molecular weight is 131 g/mol. The molecule has 0 aromatic carbocycles. The second-order valence-corrected chi connectivity index (χ2v) is 0.245. The van der Waals surface area contributed by atoms with E-state index in [0.29, 0.717) is 0 Å². The third-order valence-corrected chi connectivity index (χ3v) is 0. The molecule has 0 amide bonds. The van der Waals surface area contributed by atoms with Crippen molar-refractivity contribution in [1.82, 2.24) is 0 Å². The van der Waals surface area contributed by atoms with Crippen LogP contribution in [0.4, 0.5) is 0 Å². The van der Waals surface area contributed by atoms with Crippen LogP contribution < -0.4 is 0 Å². The van der Waals surface area contributed by atoms with Crippen molar-refractivity contribution < 1.29 is 28.2 Å². The summed E-state index contributed by atoms with van der Waals surface area (Å²) in [4.78, 5) is 0. The van der Waals surface area contributed by atoms with E-state index in [9.17, 15) is 0 Å². The molecule has 2 nitrogen and oxygen atoms in total. The van der Waals surface area contributed by atoms with Gasteiger partial charge in [-0.05, 0) is 0 Å². The molecule has 22 valence electrons. The van der Waals surface area contributed by atoms with Crippen LogP contribution >= 0.6 is 0 Å². The molecule has 0 atom stereocenters. The second-order valence-electron chi connectivity index (χ2n) is 0.0816. The number of hydrogen-bond donors (Lipinski definition) is 2. The Morgan fingerprint density at radius 3 is 1.75 bits per heavy atom. The summed E-state index contributed by atoms with van der Waals surface area (Å²) < 4.78 is 15.4. The van der Waals surface area contributed by atoms with Crippen molar-refractivity contribution in [1.29, 1.82) is 0 Å².